The molecule has 0 bridgehead atoms. The van der Waals surface area contributed by atoms with Gasteiger partial charge in [0.15, 0.2) is 0 Å². The number of carbonyl (C=O) groups excluding carboxylic acids is 4. The Morgan fingerprint density at radius 3 is 2.57 bits per heavy atom. The van der Waals surface area contributed by atoms with E-state index in [9.17, 15) is 19.2 Å². The van der Waals surface area contributed by atoms with Crippen molar-refractivity contribution < 1.29 is 19.2 Å². The van der Waals surface area contributed by atoms with Crippen LogP contribution >= 0.6 is 11.8 Å². The molecule has 0 atom stereocenters. The summed E-state index contributed by atoms with van der Waals surface area (Å²) in [5, 5.41) is 7.85. The molecule has 5 amide bonds. The lowest BCUT2D eigenvalue weighted by Crippen LogP contribution is -2.39. The van der Waals surface area contributed by atoms with E-state index >= 15 is 0 Å². The molecule has 9 heteroatoms. The van der Waals surface area contributed by atoms with Crippen molar-refractivity contribution in [1.29, 1.82) is 0 Å². The van der Waals surface area contributed by atoms with Crippen LogP contribution in [0.1, 0.15) is 12.8 Å². The lowest BCUT2D eigenvalue weighted by Gasteiger charge is -2.12. The summed E-state index contributed by atoms with van der Waals surface area (Å²) in [6, 6.07) is -0.101. The van der Waals surface area contributed by atoms with Crippen molar-refractivity contribution in [2.45, 2.75) is 18.9 Å². The SMILES string of the molecule is O=C(CSCC(=O)NC1CC1)NCCN1C(=O)CNC1=O. The minimum Gasteiger partial charge on any atom is -0.354 e. The zero-order chi connectivity index (χ0) is 15.2. The first-order chi connectivity index (χ1) is 10.1. The minimum absolute atomic E-state index is 0.0126. The highest BCUT2D eigenvalue weighted by Crippen LogP contribution is 2.18. The molecule has 0 spiro atoms. The molecule has 2 aliphatic rings. The van der Waals surface area contributed by atoms with Gasteiger partial charge in [-0.25, -0.2) is 4.79 Å². The topological polar surface area (TPSA) is 108 Å². The van der Waals surface area contributed by atoms with Gasteiger partial charge in [-0.05, 0) is 12.8 Å². The highest BCUT2D eigenvalue weighted by molar-refractivity contribution is 8.00. The van der Waals surface area contributed by atoms with Gasteiger partial charge in [0.2, 0.25) is 17.7 Å². The van der Waals surface area contributed by atoms with Crippen LogP contribution in [0.4, 0.5) is 4.79 Å². The molecular weight excluding hydrogens is 296 g/mol. The summed E-state index contributed by atoms with van der Waals surface area (Å²) in [5.74, 6) is -0.115. The molecule has 1 saturated heterocycles. The third-order valence-corrected chi connectivity index (χ3v) is 3.94. The maximum absolute atomic E-state index is 11.5. The van der Waals surface area contributed by atoms with E-state index in [2.05, 4.69) is 16.0 Å². The molecule has 0 radical (unpaired) electrons. The highest BCUT2D eigenvalue weighted by Gasteiger charge is 2.27. The second kappa shape index (κ2) is 7.30. The number of carbonyl (C=O) groups is 4. The van der Waals surface area contributed by atoms with E-state index in [0.29, 0.717) is 6.04 Å². The van der Waals surface area contributed by atoms with Gasteiger partial charge in [-0.2, -0.15) is 0 Å². The van der Waals surface area contributed by atoms with Crippen LogP contribution in [-0.2, 0) is 14.4 Å². The molecule has 116 valence electrons. The summed E-state index contributed by atoms with van der Waals surface area (Å²) in [6.45, 7) is 0.384. The fourth-order valence-corrected chi connectivity index (χ4v) is 2.43. The van der Waals surface area contributed by atoms with Crippen molar-refractivity contribution in [3.8, 4) is 0 Å². The van der Waals surface area contributed by atoms with Crippen molar-refractivity contribution in [1.82, 2.24) is 20.9 Å². The number of hydrogen-bond acceptors (Lipinski definition) is 5. The second-order valence-electron chi connectivity index (χ2n) is 4.89. The van der Waals surface area contributed by atoms with Gasteiger partial charge in [-0.1, -0.05) is 0 Å². The van der Waals surface area contributed by atoms with Gasteiger partial charge in [0.1, 0.15) is 0 Å². The van der Waals surface area contributed by atoms with Crippen molar-refractivity contribution in [2.75, 3.05) is 31.1 Å². The Kier molecular flexibility index (Phi) is 5.43. The average Bonchev–Trinajstić information content (AvgIpc) is 3.18. The van der Waals surface area contributed by atoms with E-state index in [4.69, 9.17) is 0 Å². The van der Waals surface area contributed by atoms with Gasteiger partial charge >= 0.3 is 6.03 Å². The number of hydrogen-bond donors (Lipinski definition) is 3. The molecule has 0 aromatic carbocycles. The standard InChI is InChI=1S/C12H18N4O4S/c17-9(6-21-7-10(18)15-8-1-2-8)13-3-4-16-11(19)5-14-12(16)20/h8H,1-7H2,(H,13,17)(H,14,20)(H,15,18). The maximum Gasteiger partial charge on any atom is 0.324 e. The van der Waals surface area contributed by atoms with Crippen LogP contribution in [0.25, 0.3) is 0 Å². The van der Waals surface area contributed by atoms with E-state index in [-0.39, 0.29) is 48.9 Å². The third kappa shape index (κ3) is 5.25. The molecule has 0 aromatic heterocycles. The average molecular weight is 314 g/mol. The quantitative estimate of drug-likeness (QED) is 0.481. The molecule has 1 aliphatic heterocycles. The van der Waals surface area contributed by atoms with E-state index < -0.39 is 6.03 Å². The van der Waals surface area contributed by atoms with Crippen molar-refractivity contribution >= 4 is 35.5 Å². The van der Waals surface area contributed by atoms with Crippen molar-refractivity contribution in [3.05, 3.63) is 0 Å². The number of imide groups is 1. The van der Waals surface area contributed by atoms with E-state index in [1.165, 1.54) is 11.8 Å². The summed E-state index contributed by atoms with van der Waals surface area (Å²) >= 11 is 1.24. The first kappa shape index (κ1) is 15.6. The van der Waals surface area contributed by atoms with Gasteiger partial charge in [0.25, 0.3) is 0 Å². The molecule has 2 fully saturated rings. The second-order valence-corrected chi connectivity index (χ2v) is 5.87. The van der Waals surface area contributed by atoms with Gasteiger partial charge in [-0.15, -0.1) is 11.8 Å². The van der Waals surface area contributed by atoms with Crippen LogP contribution in [0.2, 0.25) is 0 Å². The Morgan fingerprint density at radius 2 is 1.95 bits per heavy atom. The molecule has 8 nitrogen and oxygen atoms in total. The first-order valence-electron chi connectivity index (χ1n) is 6.78. The number of nitrogens with zero attached hydrogens (tertiary/aromatic N) is 1. The number of amides is 5. The molecule has 0 unspecified atom stereocenters. The molecule has 1 saturated carbocycles. The van der Waals surface area contributed by atoms with Gasteiger partial charge in [-0.3, -0.25) is 19.3 Å². The molecule has 21 heavy (non-hydrogen) atoms. The zero-order valence-electron chi connectivity index (χ0n) is 11.5. The fourth-order valence-electron chi connectivity index (χ4n) is 1.77. The van der Waals surface area contributed by atoms with Crippen LogP contribution in [0.5, 0.6) is 0 Å². The molecule has 3 N–H and O–H groups in total. The number of thioether (sulfide) groups is 1. The molecular formula is C12H18N4O4S. The van der Waals surface area contributed by atoms with Crippen LogP contribution < -0.4 is 16.0 Å². The zero-order valence-corrected chi connectivity index (χ0v) is 12.3. The van der Waals surface area contributed by atoms with Crippen LogP contribution in [0.15, 0.2) is 0 Å². The Labute approximate surface area is 126 Å². The van der Waals surface area contributed by atoms with E-state index in [1.807, 2.05) is 0 Å². The lowest BCUT2D eigenvalue weighted by molar-refractivity contribution is -0.125. The summed E-state index contributed by atoms with van der Waals surface area (Å²) in [5.41, 5.74) is 0. The predicted octanol–water partition coefficient (Wildman–Crippen LogP) is -1.33. The smallest absolute Gasteiger partial charge is 0.324 e. The Bertz CT molecular complexity index is 437. The highest BCUT2D eigenvalue weighted by atomic mass is 32.2. The summed E-state index contributed by atoms with van der Waals surface area (Å²) in [6.07, 6.45) is 2.08. The van der Waals surface area contributed by atoms with E-state index in [1.54, 1.807) is 0 Å². The lowest BCUT2D eigenvalue weighted by atomic mass is 10.5. The van der Waals surface area contributed by atoms with Crippen LogP contribution in [-0.4, -0.2) is 65.8 Å². The molecule has 1 heterocycles. The van der Waals surface area contributed by atoms with Gasteiger partial charge < -0.3 is 16.0 Å². The molecule has 2 rings (SSSR count). The van der Waals surface area contributed by atoms with Crippen molar-refractivity contribution in [3.63, 3.8) is 0 Å². The number of rotatable bonds is 8. The van der Waals surface area contributed by atoms with Gasteiger partial charge in [0, 0.05) is 19.1 Å². The monoisotopic (exact) mass is 314 g/mol. The van der Waals surface area contributed by atoms with Crippen LogP contribution in [0.3, 0.4) is 0 Å². The maximum atomic E-state index is 11.5. The largest absolute Gasteiger partial charge is 0.354 e. The fraction of sp³-hybridized carbons (Fsp3) is 0.667. The number of urea groups is 1. The Morgan fingerprint density at radius 1 is 1.24 bits per heavy atom. The van der Waals surface area contributed by atoms with Crippen LogP contribution in [0, 0.1) is 0 Å². The Hall–Kier alpha value is -1.77. The molecule has 0 aromatic rings. The first-order valence-corrected chi connectivity index (χ1v) is 7.93. The summed E-state index contributed by atoms with van der Waals surface area (Å²) in [7, 11) is 0. The summed E-state index contributed by atoms with van der Waals surface area (Å²) < 4.78 is 0. The minimum atomic E-state index is -0.430. The van der Waals surface area contributed by atoms with Gasteiger partial charge in [0.05, 0.1) is 18.1 Å². The van der Waals surface area contributed by atoms with Crippen molar-refractivity contribution in [2.24, 2.45) is 0 Å². The summed E-state index contributed by atoms with van der Waals surface area (Å²) in [4.78, 5) is 46.5. The van der Waals surface area contributed by atoms with E-state index in [0.717, 1.165) is 17.7 Å². The number of nitrogens with one attached hydrogen (secondary N) is 3. The normalized spacial score (nSPS) is 17.6. The third-order valence-electron chi connectivity index (χ3n) is 3.00. The Balaban J connectivity index is 1.52. The molecule has 1 aliphatic carbocycles. The predicted molar refractivity (Wildman–Crippen MR) is 76.6 cm³/mol.